The van der Waals surface area contributed by atoms with Gasteiger partial charge in [-0.05, 0) is 97.8 Å². The molecule has 14 heteroatoms. The predicted octanol–water partition coefficient (Wildman–Crippen LogP) is 10.9. The van der Waals surface area contributed by atoms with Gasteiger partial charge in [-0.3, -0.25) is 9.59 Å². The molecule has 0 amide bonds. The first-order chi connectivity index (χ1) is 28.9. The number of carboxylic acids is 1. The third-order valence-electron chi connectivity index (χ3n) is 8.68. The summed E-state index contributed by atoms with van der Waals surface area (Å²) in [7, 11) is 1.35. The first kappa shape index (κ1) is 49.1. The lowest BCUT2D eigenvalue weighted by atomic mass is 9.96. The van der Waals surface area contributed by atoms with Gasteiger partial charge in [0.1, 0.15) is 23.0 Å². The molecule has 0 radical (unpaired) electrons. The summed E-state index contributed by atoms with van der Waals surface area (Å²) in [6.45, 7) is 8.52. The minimum absolute atomic E-state index is 0.00214. The normalized spacial score (nSPS) is 12.9. The maximum Gasteiger partial charge on any atom is 0.416 e. The second-order valence-corrected chi connectivity index (χ2v) is 13.9. The zero-order valence-electron chi connectivity index (χ0n) is 34.4. The van der Waals surface area contributed by atoms with Gasteiger partial charge in [-0.1, -0.05) is 50.0 Å². The Hall–Kier alpha value is -6.28. The number of alkyl halides is 6. The summed E-state index contributed by atoms with van der Waals surface area (Å²) < 4.78 is 103. The topological polar surface area (TPSA) is 101 Å². The first-order valence-corrected chi connectivity index (χ1v) is 19.1. The molecule has 4 aromatic rings. The van der Waals surface area contributed by atoms with Crippen LogP contribution in [0.1, 0.15) is 74.6 Å². The van der Waals surface area contributed by atoms with Gasteiger partial charge in [-0.15, -0.1) is 11.8 Å². The Morgan fingerprint density at radius 2 is 0.836 bits per heavy atom. The number of carbonyl (C=O) groups is 2. The first-order valence-electron chi connectivity index (χ1n) is 19.1. The highest BCUT2D eigenvalue weighted by molar-refractivity contribution is 5.71. The van der Waals surface area contributed by atoms with Crippen molar-refractivity contribution in [1.82, 2.24) is 0 Å². The average molecular weight is 855 g/mol. The lowest BCUT2D eigenvalue weighted by Gasteiger charge is -2.16. The molecule has 0 aliphatic heterocycles. The van der Waals surface area contributed by atoms with Crippen molar-refractivity contribution < 1.29 is 64.7 Å². The number of rotatable bonds is 18. The quantitative estimate of drug-likeness (QED) is 0.0600. The van der Waals surface area contributed by atoms with Crippen molar-refractivity contribution in [2.75, 3.05) is 33.5 Å². The van der Waals surface area contributed by atoms with E-state index < -0.39 is 29.4 Å². The molecule has 4 rings (SSSR count). The number of carbonyl (C=O) groups excluding carboxylic acids is 1. The molecule has 0 aliphatic rings. The Bertz CT molecular complexity index is 2080. The summed E-state index contributed by atoms with van der Waals surface area (Å²) in [6, 6.07) is 23.6. The Kier molecular flexibility index (Phi) is 19.4. The van der Waals surface area contributed by atoms with Crippen LogP contribution in [-0.2, 0) is 26.7 Å². The number of benzene rings is 4. The van der Waals surface area contributed by atoms with Gasteiger partial charge < -0.3 is 28.8 Å². The minimum Gasteiger partial charge on any atom is -0.493 e. The molecule has 0 aliphatic carbocycles. The van der Waals surface area contributed by atoms with Gasteiger partial charge in [0.05, 0.1) is 69.3 Å². The van der Waals surface area contributed by atoms with Crippen molar-refractivity contribution in [1.29, 1.82) is 0 Å². The molecular weight excluding hydrogens is 806 g/mol. The fourth-order valence-corrected chi connectivity index (χ4v) is 5.40. The predicted molar refractivity (Wildman–Crippen MR) is 217 cm³/mol. The Morgan fingerprint density at radius 3 is 1.10 bits per heavy atom. The number of halogens is 6. The van der Waals surface area contributed by atoms with Crippen molar-refractivity contribution >= 4 is 11.9 Å². The molecule has 61 heavy (non-hydrogen) atoms. The fourth-order valence-electron chi connectivity index (χ4n) is 5.40. The van der Waals surface area contributed by atoms with Crippen LogP contribution in [0.5, 0.6) is 23.0 Å². The highest BCUT2D eigenvalue weighted by Gasteiger charge is 2.31. The fraction of sp³-hybridized carbons (Fsp3) is 0.362. The molecule has 4 aromatic carbocycles. The minimum atomic E-state index is -4.37. The molecule has 0 saturated carbocycles. The summed E-state index contributed by atoms with van der Waals surface area (Å²) in [5.41, 5.74) is 0.271. The zero-order valence-corrected chi connectivity index (χ0v) is 34.4. The molecule has 0 spiro atoms. The van der Waals surface area contributed by atoms with Crippen LogP contribution in [0.25, 0.3) is 0 Å². The molecule has 4 unspecified atom stereocenters. The largest absolute Gasteiger partial charge is 0.493 e. The van der Waals surface area contributed by atoms with Crippen molar-refractivity contribution in [2.24, 2.45) is 11.8 Å². The number of hydrogen-bond donors (Lipinski definition) is 1. The number of carboxylic acid groups (broad SMARTS) is 1. The molecule has 0 aromatic heterocycles. The molecule has 326 valence electrons. The molecular formula is C47H48F6O8. The Labute approximate surface area is 352 Å². The average Bonchev–Trinajstić information content (AvgIpc) is 3.23. The van der Waals surface area contributed by atoms with Gasteiger partial charge >= 0.3 is 24.3 Å². The molecule has 8 nitrogen and oxygen atoms in total. The van der Waals surface area contributed by atoms with Gasteiger partial charge in [0, 0.05) is 11.8 Å². The standard InChI is InChI=1S/C24H25F3O4.C23H23F3O4/c1-4-5-19(14-23(28)29-3)18-6-10-21(11-7-18)30-15-17(2)16-31-22-12-8-20(9-13-22)24(25,26)27;1-3-4-18(13-22(27)28)17-5-9-20(10-6-17)29-14-16(2)15-30-21-11-7-19(8-12-21)23(24,25)26/h6-13,17,19H,14-16H2,1-3H3;5-12,16,18H,13-15H2,1-2H3,(H,27,28). The van der Waals surface area contributed by atoms with E-state index in [4.69, 9.17) is 28.8 Å². The molecule has 0 heterocycles. The van der Waals surface area contributed by atoms with Crippen LogP contribution in [0.15, 0.2) is 97.1 Å². The van der Waals surface area contributed by atoms with E-state index in [0.717, 1.165) is 35.4 Å². The maximum absolute atomic E-state index is 12.6. The summed E-state index contributed by atoms with van der Waals surface area (Å²) in [6.07, 6.45) is -8.63. The van der Waals surface area contributed by atoms with E-state index in [1.54, 1.807) is 50.2 Å². The number of esters is 1. The summed E-state index contributed by atoms with van der Waals surface area (Å²) >= 11 is 0. The van der Waals surface area contributed by atoms with Crippen LogP contribution in [0.2, 0.25) is 0 Å². The van der Waals surface area contributed by atoms with E-state index >= 15 is 0 Å². The molecule has 1 N–H and O–H groups in total. The van der Waals surface area contributed by atoms with Gasteiger partial charge in [-0.2, -0.15) is 26.3 Å². The van der Waals surface area contributed by atoms with Crippen molar-refractivity contribution in [3.8, 4) is 46.7 Å². The second kappa shape index (κ2) is 24.1. The molecule has 0 fully saturated rings. The van der Waals surface area contributed by atoms with Gasteiger partial charge in [0.2, 0.25) is 0 Å². The van der Waals surface area contributed by atoms with Gasteiger partial charge in [0.25, 0.3) is 0 Å². The number of methoxy groups -OCH3 is 1. The van der Waals surface area contributed by atoms with Crippen molar-refractivity contribution in [3.05, 3.63) is 119 Å². The highest BCUT2D eigenvalue weighted by Crippen LogP contribution is 2.32. The van der Waals surface area contributed by atoms with E-state index in [0.29, 0.717) is 42.8 Å². The van der Waals surface area contributed by atoms with Crippen molar-refractivity contribution in [3.63, 3.8) is 0 Å². The molecule has 0 saturated heterocycles. The third kappa shape index (κ3) is 17.9. The SMILES string of the molecule is CC#CC(CC(=O)O)c1ccc(OCC(C)COc2ccc(C(F)(F)F)cc2)cc1.CC#CC(CC(=O)OC)c1ccc(OCC(C)COc2ccc(C(F)(F)F)cc2)cc1. The Balaban J connectivity index is 0.000000325. The number of ether oxygens (including phenoxy) is 5. The smallest absolute Gasteiger partial charge is 0.416 e. The molecule has 0 bridgehead atoms. The van der Waals surface area contributed by atoms with Gasteiger partial charge in [-0.25, -0.2) is 0 Å². The third-order valence-corrected chi connectivity index (χ3v) is 8.68. The number of aliphatic carboxylic acids is 1. The van der Waals surface area contributed by atoms with E-state index in [-0.39, 0.29) is 49.1 Å². The van der Waals surface area contributed by atoms with E-state index in [2.05, 4.69) is 23.7 Å². The summed E-state index contributed by atoms with van der Waals surface area (Å²) in [4.78, 5) is 22.5. The van der Waals surface area contributed by atoms with E-state index in [1.165, 1.54) is 31.4 Å². The van der Waals surface area contributed by atoms with Crippen LogP contribution >= 0.6 is 0 Å². The summed E-state index contributed by atoms with van der Waals surface area (Å²) in [5, 5.41) is 9.00. The van der Waals surface area contributed by atoms with Crippen LogP contribution in [0.3, 0.4) is 0 Å². The van der Waals surface area contributed by atoms with E-state index in [1.807, 2.05) is 26.0 Å². The lowest BCUT2D eigenvalue weighted by molar-refractivity contribution is -0.141. The van der Waals surface area contributed by atoms with Crippen LogP contribution in [0.4, 0.5) is 26.3 Å². The van der Waals surface area contributed by atoms with E-state index in [9.17, 15) is 35.9 Å². The van der Waals surface area contributed by atoms with Crippen LogP contribution in [-0.4, -0.2) is 50.6 Å². The van der Waals surface area contributed by atoms with Crippen LogP contribution in [0, 0.1) is 35.5 Å². The zero-order chi connectivity index (χ0) is 45.0. The summed E-state index contributed by atoms with van der Waals surface area (Å²) in [5.74, 6) is 11.6. The Morgan fingerprint density at radius 1 is 0.541 bits per heavy atom. The van der Waals surface area contributed by atoms with Crippen LogP contribution < -0.4 is 18.9 Å². The maximum atomic E-state index is 12.6. The number of hydrogen-bond acceptors (Lipinski definition) is 7. The van der Waals surface area contributed by atoms with Gasteiger partial charge in [0.15, 0.2) is 0 Å². The molecule has 4 atom stereocenters. The lowest BCUT2D eigenvalue weighted by Crippen LogP contribution is -2.16. The van der Waals surface area contributed by atoms with Crippen molar-refractivity contribution in [2.45, 2.75) is 64.7 Å². The monoisotopic (exact) mass is 854 g/mol. The highest BCUT2D eigenvalue weighted by atomic mass is 19.4. The second-order valence-electron chi connectivity index (χ2n) is 13.9.